The Bertz CT molecular complexity index is 566. The maximum Gasteiger partial charge on any atom is 0.573 e. The van der Waals surface area contributed by atoms with Gasteiger partial charge in [0.1, 0.15) is 11.4 Å². The van der Waals surface area contributed by atoms with Crippen LogP contribution in [0.2, 0.25) is 0 Å². The minimum absolute atomic E-state index is 0.138. The third-order valence-electron chi connectivity index (χ3n) is 2.43. The van der Waals surface area contributed by atoms with Crippen LogP contribution in [-0.2, 0) is 4.74 Å². The molecule has 0 heterocycles. The summed E-state index contributed by atoms with van der Waals surface area (Å²) in [6.45, 7) is 5.45. The van der Waals surface area contributed by atoms with Crippen LogP contribution in [0.1, 0.15) is 31.1 Å². The van der Waals surface area contributed by atoms with E-state index >= 15 is 0 Å². The molecule has 0 atom stereocenters. The van der Waals surface area contributed by atoms with Crippen LogP contribution in [0.5, 0.6) is 5.75 Å². The molecule has 0 aliphatic carbocycles. The van der Waals surface area contributed by atoms with Crippen molar-refractivity contribution in [2.75, 3.05) is 13.1 Å². The molecule has 1 rings (SSSR count). The molecular weight excluding hydrogens is 329 g/mol. The van der Waals surface area contributed by atoms with Crippen LogP contribution in [0.15, 0.2) is 24.3 Å². The summed E-state index contributed by atoms with van der Waals surface area (Å²) >= 11 is 0. The predicted molar refractivity (Wildman–Crippen MR) is 79.7 cm³/mol. The Balaban J connectivity index is 2.37. The second-order valence-corrected chi connectivity index (χ2v) is 5.76. The van der Waals surface area contributed by atoms with Gasteiger partial charge in [-0.25, -0.2) is 4.79 Å². The number of alkyl carbamates (subject to hydrolysis) is 1. The van der Waals surface area contributed by atoms with Crippen LogP contribution >= 0.6 is 0 Å². The van der Waals surface area contributed by atoms with Crippen LogP contribution in [0.3, 0.4) is 0 Å². The molecule has 2 N–H and O–H groups in total. The molecule has 0 aliphatic rings. The molecule has 0 saturated heterocycles. The lowest BCUT2D eigenvalue weighted by molar-refractivity contribution is -0.274. The van der Waals surface area contributed by atoms with Crippen molar-refractivity contribution in [1.29, 1.82) is 0 Å². The van der Waals surface area contributed by atoms with Crippen molar-refractivity contribution in [3.05, 3.63) is 29.8 Å². The van der Waals surface area contributed by atoms with Gasteiger partial charge in [0.25, 0.3) is 5.91 Å². The van der Waals surface area contributed by atoms with Crippen molar-refractivity contribution in [3.8, 4) is 5.75 Å². The minimum Gasteiger partial charge on any atom is -0.444 e. The van der Waals surface area contributed by atoms with Crippen molar-refractivity contribution in [3.63, 3.8) is 0 Å². The Morgan fingerprint density at radius 1 is 1.00 bits per heavy atom. The standard InChI is InChI=1S/C15H19F3N2O4/c1-14(2,3)24-13(22)20-9-8-19-12(21)10-4-6-11(7-5-10)23-15(16,17)18/h4-7H,8-9H2,1-3H3,(H,19,21)(H,20,22). The average Bonchev–Trinajstić information content (AvgIpc) is 2.40. The zero-order valence-electron chi connectivity index (χ0n) is 13.5. The van der Waals surface area contributed by atoms with Gasteiger partial charge in [0.05, 0.1) is 0 Å². The van der Waals surface area contributed by atoms with Crippen molar-refractivity contribution in [1.82, 2.24) is 10.6 Å². The molecule has 9 heteroatoms. The maximum atomic E-state index is 12.0. The van der Waals surface area contributed by atoms with E-state index in [4.69, 9.17) is 4.74 Å². The number of halogens is 3. The molecule has 0 aliphatic heterocycles. The number of benzene rings is 1. The minimum atomic E-state index is -4.78. The summed E-state index contributed by atoms with van der Waals surface area (Å²) in [5, 5.41) is 4.97. The molecule has 0 bridgehead atoms. The Morgan fingerprint density at radius 2 is 1.54 bits per heavy atom. The van der Waals surface area contributed by atoms with E-state index in [-0.39, 0.29) is 18.7 Å². The first-order valence-electron chi connectivity index (χ1n) is 7.07. The zero-order chi connectivity index (χ0) is 18.4. The first-order chi connectivity index (χ1) is 11.0. The lowest BCUT2D eigenvalue weighted by Crippen LogP contribution is -2.37. The van der Waals surface area contributed by atoms with Gasteiger partial charge >= 0.3 is 12.5 Å². The molecule has 0 fully saturated rings. The van der Waals surface area contributed by atoms with Crippen LogP contribution in [0.25, 0.3) is 0 Å². The molecule has 0 saturated carbocycles. The third kappa shape index (κ3) is 8.25. The van der Waals surface area contributed by atoms with E-state index in [1.165, 1.54) is 12.1 Å². The second kappa shape index (κ2) is 7.89. The molecule has 0 unspecified atom stereocenters. The highest BCUT2D eigenvalue weighted by molar-refractivity contribution is 5.94. The fourth-order valence-corrected chi connectivity index (χ4v) is 1.56. The fourth-order valence-electron chi connectivity index (χ4n) is 1.56. The van der Waals surface area contributed by atoms with Gasteiger partial charge in [0, 0.05) is 18.7 Å². The Kier molecular flexibility index (Phi) is 6.44. The van der Waals surface area contributed by atoms with E-state index in [2.05, 4.69) is 15.4 Å². The van der Waals surface area contributed by atoms with Crippen LogP contribution in [-0.4, -0.2) is 37.1 Å². The molecule has 24 heavy (non-hydrogen) atoms. The van der Waals surface area contributed by atoms with Gasteiger partial charge in [-0.1, -0.05) is 0 Å². The van der Waals surface area contributed by atoms with Gasteiger partial charge in [0.15, 0.2) is 0 Å². The first kappa shape index (κ1) is 19.6. The summed E-state index contributed by atoms with van der Waals surface area (Å²) in [7, 11) is 0. The number of nitrogens with one attached hydrogen (secondary N) is 2. The summed E-state index contributed by atoms with van der Waals surface area (Å²) in [5.41, 5.74) is -0.449. The summed E-state index contributed by atoms with van der Waals surface area (Å²) in [4.78, 5) is 23.2. The molecule has 2 amide bonds. The lowest BCUT2D eigenvalue weighted by Gasteiger charge is -2.19. The normalized spacial score (nSPS) is 11.6. The highest BCUT2D eigenvalue weighted by Gasteiger charge is 2.31. The number of carbonyl (C=O) groups excluding carboxylic acids is 2. The number of hydrogen-bond acceptors (Lipinski definition) is 4. The second-order valence-electron chi connectivity index (χ2n) is 5.76. The number of alkyl halides is 3. The van der Waals surface area contributed by atoms with E-state index in [1.54, 1.807) is 20.8 Å². The molecule has 1 aromatic rings. The van der Waals surface area contributed by atoms with Gasteiger partial charge in [-0.2, -0.15) is 0 Å². The van der Waals surface area contributed by atoms with Gasteiger partial charge in [-0.05, 0) is 45.0 Å². The summed E-state index contributed by atoms with van der Waals surface area (Å²) < 4.78 is 44.8. The highest BCUT2D eigenvalue weighted by atomic mass is 19.4. The van der Waals surface area contributed by atoms with E-state index in [0.29, 0.717) is 0 Å². The Hall–Kier alpha value is -2.45. The molecule has 134 valence electrons. The number of ether oxygens (including phenoxy) is 2. The number of amides is 2. The Morgan fingerprint density at radius 3 is 2.04 bits per heavy atom. The number of carbonyl (C=O) groups is 2. The van der Waals surface area contributed by atoms with Crippen molar-refractivity contribution < 1.29 is 32.2 Å². The summed E-state index contributed by atoms with van der Waals surface area (Å²) in [6, 6.07) is 4.50. The monoisotopic (exact) mass is 348 g/mol. The lowest BCUT2D eigenvalue weighted by atomic mass is 10.2. The maximum absolute atomic E-state index is 12.0. The molecular formula is C15H19F3N2O4. The summed E-state index contributed by atoms with van der Waals surface area (Å²) in [5.74, 6) is -0.898. The van der Waals surface area contributed by atoms with Crippen LogP contribution < -0.4 is 15.4 Å². The molecule has 6 nitrogen and oxygen atoms in total. The van der Waals surface area contributed by atoms with Gasteiger partial charge in [-0.3, -0.25) is 4.79 Å². The van der Waals surface area contributed by atoms with Gasteiger partial charge < -0.3 is 20.1 Å². The number of rotatable bonds is 5. The zero-order valence-corrected chi connectivity index (χ0v) is 13.5. The van der Waals surface area contributed by atoms with Crippen LogP contribution in [0, 0.1) is 0 Å². The predicted octanol–water partition coefficient (Wildman–Crippen LogP) is 2.84. The van der Waals surface area contributed by atoms with Crippen molar-refractivity contribution in [2.24, 2.45) is 0 Å². The van der Waals surface area contributed by atoms with E-state index in [1.807, 2.05) is 0 Å². The van der Waals surface area contributed by atoms with Crippen LogP contribution in [0.4, 0.5) is 18.0 Å². The molecule has 0 aromatic heterocycles. The SMILES string of the molecule is CC(C)(C)OC(=O)NCCNC(=O)c1ccc(OC(F)(F)F)cc1. The van der Waals surface area contributed by atoms with Gasteiger partial charge in [0.2, 0.25) is 0 Å². The molecule has 0 spiro atoms. The molecule has 1 aromatic carbocycles. The average molecular weight is 348 g/mol. The molecule has 0 radical (unpaired) electrons. The first-order valence-corrected chi connectivity index (χ1v) is 7.07. The number of hydrogen-bond donors (Lipinski definition) is 2. The van der Waals surface area contributed by atoms with E-state index < -0.39 is 29.7 Å². The largest absolute Gasteiger partial charge is 0.573 e. The quantitative estimate of drug-likeness (QED) is 0.802. The highest BCUT2D eigenvalue weighted by Crippen LogP contribution is 2.22. The third-order valence-corrected chi connectivity index (χ3v) is 2.43. The topological polar surface area (TPSA) is 76.7 Å². The summed E-state index contributed by atoms with van der Waals surface area (Å²) in [6.07, 6.45) is -5.39. The smallest absolute Gasteiger partial charge is 0.444 e. The van der Waals surface area contributed by atoms with E-state index in [9.17, 15) is 22.8 Å². The van der Waals surface area contributed by atoms with E-state index in [0.717, 1.165) is 12.1 Å². The fraction of sp³-hybridized carbons (Fsp3) is 0.467. The Labute approximate surface area is 137 Å². The van der Waals surface area contributed by atoms with Gasteiger partial charge in [-0.15, -0.1) is 13.2 Å². The van der Waals surface area contributed by atoms with Crippen molar-refractivity contribution >= 4 is 12.0 Å². The van der Waals surface area contributed by atoms with Crippen molar-refractivity contribution in [2.45, 2.75) is 32.7 Å².